The number of nitrogens with zero attached hydrogens (tertiary/aromatic N) is 1. The molecule has 27 heavy (non-hydrogen) atoms. The zero-order valence-electron chi connectivity index (χ0n) is 14.8. The minimum atomic E-state index is -0.418. The number of aliphatic imine (C=N–C) groups is 1. The first-order chi connectivity index (χ1) is 13.1. The molecule has 0 N–H and O–H groups in total. The van der Waals surface area contributed by atoms with Gasteiger partial charge in [-0.3, -0.25) is 4.99 Å². The number of hydrogen-bond donors (Lipinski definition) is 0. The summed E-state index contributed by atoms with van der Waals surface area (Å²) in [6.45, 7) is 2.04. The van der Waals surface area contributed by atoms with Gasteiger partial charge in [0, 0.05) is 16.8 Å². The molecule has 3 rings (SSSR count). The number of rotatable bonds is 5. The first-order valence-electron chi connectivity index (χ1n) is 8.45. The minimum absolute atomic E-state index is 0.418. The second-order valence-electron chi connectivity index (χ2n) is 5.97. The Labute approximate surface area is 167 Å². The van der Waals surface area contributed by atoms with Crippen LogP contribution in [0.5, 0.6) is 5.75 Å². The highest BCUT2D eigenvalue weighted by Crippen LogP contribution is 2.15. The molecule has 0 amide bonds. The van der Waals surface area contributed by atoms with Crippen LogP contribution in [0, 0.1) is 6.92 Å². The lowest BCUT2D eigenvalue weighted by Gasteiger charge is -2.02. The van der Waals surface area contributed by atoms with E-state index in [9.17, 15) is 4.79 Å². The highest BCUT2D eigenvalue weighted by molar-refractivity contribution is 9.10. The zero-order valence-corrected chi connectivity index (χ0v) is 16.4. The van der Waals surface area contributed by atoms with E-state index in [-0.39, 0.29) is 0 Å². The maximum atomic E-state index is 11.9. The number of benzene rings is 3. The molecule has 3 nitrogen and oxygen atoms in total. The van der Waals surface area contributed by atoms with Crippen LogP contribution in [0.4, 0.5) is 5.69 Å². The second-order valence-corrected chi connectivity index (χ2v) is 6.88. The summed E-state index contributed by atoms with van der Waals surface area (Å²) in [7, 11) is 0. The van der Waals surface area contributed by atoms with Gasteiger partial charge in [0.25, 0.3) is 0 Å². The maximum absolute atomic E-state index is 11.9. The van der Waals surface area contributed by atoms with Crippen LogP contribution in [0.1, 0.15) is 16.7 Å². The summed E-state index contributed by atoms with van der Waals surface area (Å²) < 4.78 is 6.31. The molecular formula is C23H18BrNO2. The molecule has 0 fully saturated rings. The third-order valence-electron chi connectivity index (χ3n) is 3.78. The van der Waals surface area contributed by atoms with E-state index in [1.165, 1.54) is 11.6 Å². The second kappa shape index (κ2) is 9.10. The van der Waals surface area contributed by atoms with Crippen molar-refractivity contribution in [2.24, 2.45) is 4.99 Å². The Bertz CT molecular complexity index is 957. The number of aryl methyl sites for hydroxylation is 1. The fraction of sp³-hybridized carbons (Fsp3) is 0.0435. The van der Waals surface area contributed by atoms with E-state index in [1.807, 2.05) is 67.6 Å². The Morgan fingerprint density at radius 1 is 0.889 bits per heavy atom. The van der Waals surface area contributed by atoms with Crippen molar-refractivity contribution in [1.29, 1.82) is 0 Å². The van der Waals surface area contributed by atoms with Crippen molar-refractivity contribution < 1.29 is 9.53 Å². The fourth-order valence-electron chi connectivity index (χ4n) is 2.29. The number of esters is 1. The lowest BCUT2D eigenvalue weighted by Crippen LogP contribution is -2.03. The molecule has 0 heterocycles. The Balaban J connectivity index is 1.57. The van der Waals surface area contributed by atoms with Crippen molar-refractivity contribution in [1.82, 2.24) is 0 Å². The SMILES string of the molecule is Cc1ccc(N=Cc2ccc(OC(=O)C=Cc3ccc(Br)cc3)cc2)cc1. The first-order valence-corrected chi connectivity index (χ1v) is 9.24. The van der Waals surface area contributed by atoms with Gasteiger partial charge in [0.1, 0.15) is 5.75 Å². The van der Waals surface area contributed by atoms with E-state index in [1.54, 1.807) is 24.4 Å². The summed E-state index contributed by atoms with van der Waals surface area (Å²) in [5.74, 6) is 0.0759. The van der Waals surface area contributed by atoms with Crippen LogP contribution < -0.4 is 4.74 Å². The number of carbonyl (C=O) groups excluding carboxylic acids is 1. The molecule has 0 saturated heterocycles. The van der Waals surface area contributed by atoms with Crippen molar-refractivity contribution in [2.45, 2.75) is 6.92 Å². The molecule has 0 spiro atoms. The van der Waals surface area contributed by atoms with E-state index in [0.717, 1.165) is 21.3 Å². The first kappa shape index (κ1) is 18.8. The van der Waals surface area contributed by atoms with E-state index in [2.05, 4.69) is 20.9 Å². The van der Waals surface area contributed by atoms with Crippen molar-refractivity contribution in [3.8, 4) is 5.75 Å². The Kier molecular flexibility index (Phi) is 6.34. The third-order valence-corrected chi connectivity index (χ3v) is 4.31. The maximum Gasteiger partial charge on any atom is 0.336 e. The smallest absolute Gasteiger partial charge is 0.336 e. The van der Waals surface area contributed by atoms with Crippen molar-refractivity contribution >= 4 is 39.9 Å². The molecule has 0 aliphatic carbocycles. The average Bonchev–Trinajstić information content (AvgIpc) is 2.68. The van der Waals surface area contributed by atoms with Crippen molar-refractivity contribution in [3.05, 3.63) is 100 Å². The molecule has 0 aromatic heterocycles. The van der Waals surface area contributed by atoms with Gasteiger partial charge >= 0.3 is 5.97 Å². The van der Waals surface area contributed by atoms with Crippen molar-refractivity contribution in [2.75, 3.05) is 0 Å². The Morgan fingerprint density at radius 3 is 2.19 bits per heavy atom. The van der Waals surface area contributed by atoms with Crippen LogP contribution in [0.3, 0.4) is 0 Å². The number of ether oxygens (including phenoxy) is 1. The molecule has 3 aromatic rings. The van der Waals surface area contributed by atoms with Gasteiger partial charge in [0.2, 0.25) is 0 Å². The van der Waals surface area contributed by atoms with Crippen LogP contribution in [-0.4, -0.2) is 12.2 Å². The number of halogens is 1. The van der Waals surface area contributed by atoms with Crippen LogP contribution in [0.25, 0.3) is 6.08 Å². The molecule has 134 valence electrons. The van der Waals surface area contributed by atoms with E-state index in [4.69, 9.17) is 4.74 Å². The van der Waals surface area contributed by atoms with Gasteiger partial charge in [-0.25, -0.2) is 4.79 Å². The predicted octanol–water partition coefficient (Wildman–Crippen LogP) is 6.13. The highest BCUT2D eigenvalue weighted by atomic mass is 79.9. The van der Waals surface area contributed by atoms with Gasteiger partial charge in [-0.2, -0.15) is 0 Å². The van der Waals surface area contributed by atoms with Gasteiger partial charge < -0.3 is 4.74 Å². The predicted molar refractivity (Wildman–Crippen MR) is 114 cm³/mol. The lowest BCUT2D eigenvalue weighted by molar-refractivity contribution is -0.128. The third kappa shape index (κ3) is 6.04. The molecule has 0 saturated carbocycles. The zero-order chi connectivity index (χ0) is 19.1. The Morgan fingerprint density at radius 2 is 1.52 bits per heavy atom. The van der Waals surface area contributed by atoms with E-state index >= 15 is 0 Å². The average molecular weight is 420 g/mol. The van der Waals surface area contributed by atoms with Crippen LogP contribution >= 0.6 is 15.9 Å². The summed E-state index contributed by atoms with van der Waals surface area (Å²) in [4.78, 5) is 16.4. The molecule has 0 unspecified atom stereocenters. The number of hydrogen-bond acceptors (Lipinski definition) is 3. The van der Waals surface area contributed by atoms with Gasteiger partial charge in [-0.1, -0.05) is 45.8 Å². The largest absolute Gasteiger partial charge is 0.423 e. The van der Waals surface area contributed by atoms with Crippen molar-refractivity contribution in [3.63, 3.8) is 0 Å². The summed E-state index contributed by atoms with van der Waals surface area (Å²) in [5, 5.41) is 0. The molecule has 4 heteroatoms. The standard InChI is InChI=1S/C23H18BrNO2/c1-17-2-11-21(12-3-17)25-16-19-6-13-22(14-7-19)27-23(26)15-8-18-4-9-20(24)10-5-18/h2-16H,1H3. The molecular weight excluding hydrogens is 402 g/mol. The van der Waals surface area contributed by atoms with Crippen LogP contribution in [0.2, 0.25) is 0 Å². The molecule has 0 bridgehead atoms. The summed E-state index contributed by atoms with van der Waals surface area (Å²) in [6.07, 6.45) is 4.91. The fourth-order valence-corrected chi connectivity index (χ4v) is 2.55. The summed E-state index contributed by atoms with van der Waals surface area (Å²) in [6, 6.07) is 22.9. The molecule has 0 aliphatic rings. The van der Waals surface area contributed by atoms with Gasteiger partial charge in [0.15, 0.2) is 0 Å². The van der Waals surface area contributed by atoms with Crippen LogP contribution in [-0.2, 0) is 4.79 Å². The monoisotopic (exact) mass is 419 g/mol. The number of carbonyl (C=O) groups is 1. The van der Waals surface area contributed by atoms with E-state index < -0.39 is 5.97 Å². The van der Waals surface area contributed by atoms with Gasteiger partial charge in [-0.15, -0.1) is 0 Å². The molecule has 0 atom stereocenters. The molecule has 0 radical (unpaired) electrons. The molecule has 3 aromatic carbocycles. The van der Waals surface area contributed by atoms with E-state index in [0.29, 0.717) is 5.75 Å². The topological polar surface area (TPSA) is 38.7 Å². The minimum Gasteiger partial charge on any atom is -0.423 e. The summed E-state index contributed by atoms with van der Waals surface area (Å²) >= 11 is 3.38. The summed E-state index contributed by atoms with van der Waals surface area (Å²) in [5.41, 5.74) is 3.96. The van der Waals surface area contributed by atoms with Gasteiger partial charge in [0.05, 0.1) is 5.69 Å². The highest BCUT2D eigenvalue weighted by Gasteiger charge is 2.00. The normalized spacial score (nSPS) is 11.2. The molecule has 0 aliphatic heterocycles. The van der Waals surface area contributed by atoms with Gasteiger partial charge in [-0.05, 0) is 72.7 Å². The Hall–Kier alpha value is -2.98. The van der Waals surface area contributed by atoms with Crippen LogP contribution in [0.15, 0.2) is 88.3 Å². The lowest BCUT2D eigenvalue weighted by atomic mass is 10.2. The quantitative estimate of drug-likeness (QED) is 0.216.